The molecule has 0 fully saturated rings. The van der Waals surface area contributed by atoms with Gasteiger partial charge in [0, 0.05) is 11.8 Å². The fourth-order valence-corrected chi connectivity index (χ4v) is 3.58. The SMILES string of the molecule is CC(C)OP1(=S)Oc2ccccc2O1. The highest BCUT2D eigenvalue weighted by atomic mass is 32.5. The summed E-state index contributed by atoms with van der Waals surface area (Å²) < 4.78 is 16.4. The van der Waals surface area contributed by atoms with Gasteiger partial charge in [-0.05, 0) is 26.0 Å². The van der Waals surface area contributed by atoms with Crippen molar-refractivity contribution in [3.05, 3.63) is 24.3 Å². The van der Waals surface area contributed by atoms with Gasteiger partial charge in [0.2, 0.25) is 0 Å². The minimum atomic E-state index is -2.57. The van der Waals surface area contributed by atoms with Crippen molar-refractivity contribution in [2.24, 2.45) is 0 Å². The molecule has 3 nitrogen and oxygen atoms in total. The van der Waals surface area contributed by atoms with Gasteiger partial charge in [0.05, 0.1) is 6.10 Å². The number of fused-ring (bicyclic) bond motifs is 1. The molecular weight excluding hydrogens is 219 g/mol. The molecule has 0 radical (unpaired) electrons. The third-order valence-corrected chi connectivity index (χ3v) is 3.84. The van der Waals surface area contributed by atoms with E-state index in [9.17, 15) is 0 Å². The molecule has 0 saturated carbocycles. The molecule has 2 rings (SSSR count). The lowest BCUT2D eigenvalue weighted by molar-refractivity contribution is 0.219. The standard InChI is InChI=1S/C9H11O3PS/c1-7(2)10-13(14)11-8-5-3-4-6-9(8)12-13/h3-7H,1-2H3. The second-order valence-electron chi connectivity index (χ2n) is 3.23. The summed E-state index contributed by atoms with van der Waals surface area (Å²) in [5, 5.41) is 0. The Morgan fingerprint density at radius 2 is 1.71 bits per heavy atom. The van der Waals surface area contributed by atoms with Crippen LogP contribution in [0.15, 0.2) is 24.3 Å². The second kappa shape index (κ2) is 3.54. The first kappa shape index (κ1) is 9.97. The van der Waals surface area contributed by atoms with Crippen LogP contribution in [0.4, 0.5) is 0 Å². The Bertz CT molecular complexity index is 362. The molecule has 0 aliphatic carbocycles. The van der Waals surface area contributed by atoms with E-state index in [0.717, 1.165) is 0 Å². The number of rotatable bonds is 2. The highest BCUT2D eigenvalue weighted by molar-refractivity contribution is 8.08. The first-order valence-electron chi connectivity index (χ1n) is 4.36. The van der Waals surface area contributed by atoms with Gasteiger partial charge in [-0.15, -0.1) is 0 Å². The summed E-state index contributed by atoms with van der Waals surface area (Å²) in [6.45, 7) is 1.24. The number of hydrogen-bond donors (Lipinski definition) is 0. The van der Waals surface area contributed by atoms with Gasteiger partial charge in [-0.25, -0.2) is 0 Å². The first-order valence-corrected chi connectivity index (χ1v) is 6.91. The maximum Gasteiger partial charge on any atom is 0.435 e. The van der Waals surface area contributed by atoms with E-state index in [0.29, 0.717) is 11.5 Å². The molecule has 1 aliphatic heterocycles. The quantitative estimate of drug-likeness (QED) is 0.729. The van der Waals surface area contributed by atoms with E-state index >= 15 is 0 Å². The predicted molar refractivity (Wildman–Crippen MR) is 58.2 cm³/mol. The zero-order valence-corrected chi connectivity index (χ0v) is 9.68. The molecule has 0 N–H and O–H groups in total. The molecule has 1 aromatic carbocycles. The highest BCUT2D eigenvalue weighted by Gasteiger charge is 2.34. The van der Waals surface area contributed by atoms with Crippen molar-refractivity contribution in [1.82, 2.24) is 0 Å². The Hall–Kier alpha value is -0.570. The van der Waals surface area contributed by atoms with Crippen molar-refractivity contribution in [2.75, 3.05) is 0 Å². The van der Waals surface area contributed by atoms with Crippen LogP contribution in [0.25, 0.3) is 0 Å². The van der Waals surface area contributed by atoms with Crippen molar-refractivity contribution >= 4 is 18.5 Å². The second-order valence-corrected chi connectivity index (χ2v) is 6.04. The summed E-state index contributed by atoms with van der Waals surface area (Å²) in [7, 11) is 0. The van der Waals surface area contributed by atoms with Gasteiger partial charge in [0.15, 0.2) is 11.5 Å². The molecule has 0 amide bonds. The number of hydrogen-bond acceptors (Lipinski definition) is 4. The number of para-hydroxylation sites is 2. The third kappa shape index (κ3) is 1.92. The van der Waals surface area contributed by atoms with Crippen LogP contribution in [-0.2, 0) is 16.3 Å². The molecule has 0 unspecified atom stereocenters. The van der Waals surface area contributed by atoms with Crippen molar-refractivity contribution in [2.45, 2.75) is 20.0 Å². The van der Waals surface area contributed by atoms with Crippen LogP contribution in [0.1, 0.15) is 13.8 Å². The van der Waals surface area contributed by atoms with E-state index < -0.39 is 6.72 Å². The largest absolute Gasteiger partial charge is 0.435 e. The monoisotopic (exact) mass is 230 g/mol. The zero-order chi connectivity index (χ0) is 10.2. The fraction of sp³-hybridized carbons (Fsp3) is 0.333. The molecule has 0 saturated heterocycles. The Labute approximate surface area is 88.2 Å². The molecule has 76 valence electrons. The van der Waals surface area contributed by atoms with Gasteiger partial charge in [-0.3, -0.25) is 4.52 Å². The molecule has 0 spiro atoms. The summed E-state index contributed by atoms with van der Waals surface area (Å²) in [6, 6.07) is 7.41. The minimum Gasteiger partial charge on any atom is -0.412 e. The van der Waals surface area contributed by atoms with Gasteiger partial charge in [-0.2, -0.15) is 0 Å². The summed E-state index contributed by atoms with van der Waals surface area (Å²) in [5.41, 5.74) is 0. The van der Waals surface area contributed by atoms with Crippen molar-refractivity contribution in [3.8, 4) is 11.5 Å². The summed E-state index contributed by atoms with van der Waals surface area (Å²) in [5.74, 6) is 1.35. The fourth-order valence-electron chi connectivity index (χ4n) is 1.16. The lowest BCUT2D eigenvalue weighted by Crippen LogP contribution is -2.04. The molecule has 0 aromatic heterocycles. The number of benzene rings is 1. The molecule has 1 heterocycles. The van der Waals surface area contributed by atoms with Crippen molar-refractivity contribution < 1.29 is 13.6 Å². The van der Waals surface area contributed by atoms with Gasteiger partial charge in [0.25, 0.3) is 0 Å². The third-order valence-electron chi connectivity index (χ3n) is 1.61. The maximum atomic E-state index is 5.49. The maximum absolute atomic E-state index is 5.49. The topological polar surface area (TPSA) is 27.7 Å². The smallest absolute Gasteiger partial charge is 0.412 e. The van der Waals surface area contributed by atoms with E-state index in [1.165, 1.54) is 0 Å². The van der Waals surface area contributed by atoms with E-state index in [-0.39, 0.29) is 6.10 Å². The normalized spacial score (nSPS) is 17.4. The van der Waals surface area contributed by atoms with Crippen LogP contribution in [0.2, 0.25) is 0 Å². The van der Waals surface area contributed by atoms with E-state index in [1.54, 1.807) is 0 Å². The first-order chi connectivity index (χ1) is 6.59. The van der Waals surface area contributed by atoms with Crippen molar-refractivity contribution in [3.63, 3.8) is 0 Å². The average Bonchev–Trinajstić information content (AvgIpc) is 2.38. The lowest BCUT2D eigenvalue weighted by Gasteiger charge is -2.16. The van der Waals surface area contributed by atoms with E-state index in [1.807, 2.05) is 38.1 Å². The highest BCUT2D eigenvalue weighted by Crippen LogP contribution is 2.59. The van der Waals surface area contributed by atoms with Gasteiger partial charge in [0.1, 0.15) is 0 Å². The Morgan fingerprint density at radius 3 is 2.14 bits per heavy atom. The summed E-state index contributed by atoms with van der Waals surface area (Å²) in [4.78, 5) is 0. The molecule has 5 heteroatoms. The Morgan fingerprint density at radius 1 is 1.21 bits per heavy atom. The van der Waals surface area contributed by atoms with Gasteiger partial charge < -0.3 is 9.05 Å². The summed E-state index contributed by atoms with van der Waals surface area (Å²) in [6.07, 6.45) is 0.00939. The Balaban J connectivity index is 2.22. The molecule has 14 heavy (non-hydrogen) atoms. The minimum absolute atomic E-state index is 0.00939. The van der Waals surface area contributed by atoms with Crippen LogP contribution in [0.3, 0.4) is 0 Å². The summed E-state index contributed by atoms with van der Waals surface area (Å²) >= 11 is 5.19. The van der Waals surface area contributed by atoms with Crippen LogP contribution in [0, 0.1) is 0 Å². The molecule has 1 aromatic rings. The molecule has 0 bridgehead atoms. The predicted octanol–water partition coefficient (Wildman–Crippen LogP) is 3.11. The Kier molecular flexibility index (Phi) is 2.52. The van der Waals surface area contributed by atoms with E-state index in [4.69, 9.17) is 25.4 Å². The van der Waals surface area contributed by atoms with Crippen molar-refractivity contribution in [1.29, 1.82) is 0 Å². The van der Waals surface area contributed by atoms with Crippen LogP contribution in [0.5, 0.6) is 11.5 Å². The van der Waals surface area contributed by atoms with Gasteiger partial charge in [-0.1, -0.05) is 12.1 Å². The van der Waals surface area contributed by atoms with Gasteiger partial charge >= 0.3 is 6.72 Å². The average molecular weight is 230 g/mol. The molecular formula is C9H11O3PS. The van der Waals surface area contributed by atoms with E-state index in [2.05, 4.69) is 0 Å². The van der Waals surface area contributed by atoms with Crippen LogP contribution >= 0.6 is 6.72 Å². The molecule has 1 aliphatic rings. The molecule has 0 atom stereocenters. The lowest BCUT2D eigenvalue weighted by atomic mass is 10.3. The van der Waals surface area contributed by atoms with Crippen LogP contribution < -0.4 is 9.05 Å². The van der Waals surface area contributed by atoms with Crippen LogP contribution in [-0.4, -0.2) is 6.10 Å². The zero-order valence-electron chi connectivity index (χ0n) is 7.97.